The minimum atomic E-state index is -0.305. The Labute approximate surface area is 119 Å². The van der Waals surface area contributed by atoms with Gasteiger partial charge in [0.1, 0.15) is 5.75 Å². The van der Waals surface area contributed by atoms with Crippen LogP contribution in [0.4, 0.5) is 11.4 Å². The summed E-state index contributed by atoms with van der Waals surface area (Å²) >= 11 is 0. The number of carbonyl (C=O) groups is 1. The molecule has 0 spiro atoms. The van der Waals surface area contributed by atoms with E-state index in [1.165, 1.54) is 12.5 Å². The number of carbonyl (C=O) groups excluding carboxylic acids is 1. The van der Waals surface area contributed by atoms with Crippen LogP contribution in [0.2, 0.25) is 0 Å². The fraction of sp³-hybridized carbons (Fsp3) is 0.235. The van der Waals surface area contributed by atoms with Crippen molar-refractivity contribution >= 4 is 17.3 Å². The SMILES string of the molecule is CCN(c1cccc(C)c1)c1cccc(OC(C)=O)c1. The van der Waals surface area contributed by atoms with Crippen molar-refractivity contribution < 1.29 is 9.53 Å². The monoisotopic (exact) mass is 269 g/mol. The first-order chi connectivity index (χ1) is 9.60. The molecule has 0 saturated heterocycles. The first-order valence-electron chi connectivity index (χ1n) is 6.73. The Balaban J connectivity index is 2.34. The Kier molecular flexibility index (Phi) is 4.41. The van der Waals surface area contributed by atoms with Crippen LogP contribution in [-0.2, 0) is 4.79 Å². The summed E-state index contributed by atoms with van der Waals surface area (Å²) in [5, 5.41) is 0. The number of nitrogens with zero attached hydrogens (tertiary/aromatic N) is 1. The third kappa shape index (κ3) is 3.38. The Morgan fingerprint density at radius 1 is 1.10 bits per heavy atom. The molecule has 0 aliphatic carbocycles. The lowest BCUT2D eigenvalue weighted by atomic mass is 10.2. The molecular formula is C17H19NO2. The number of hydrogen-bond donors (Lipinski definition) is 0. The molecule has 3 nitrogen and oxygen atoms in total. The van der Waals surface area contributed by atoms with Gasteiger partial charge >= 0.3 is 5.97 Å². The molecule has 0 aliphatic heterocycles. The van der Waals surface area contributed by atoms with Crippen molar-refractivity contribution in [2.45, 2.75) is 20.8 Å². The number of ether oxygens (including phenoxy) is 1. The largest absolute Gasteiger partial charge is 0.427 e. The number of benzene rings is 2. The van der Waals surface area contributed by atoms with Crippen molar-refractivity contribution in [3.05, 3.63) is 54.1 Å². The van der Waals surface area contributed by atoms with E-state index < -0.39 is 0 Å². The van der Waals surface area contributed by atoms with Gasteiger partial charge in [-0.05, 0) is 43.7 Å². The second-order valence-corrected chi connectivity index (χ2v) is 4.67. The quantitative estimate of drug-likeness (QED) is 0.618. The average Bonchev–Trinajstić information content (AvgIpc) is 2.39. The molecule has 0 radical (unpaired) electrons. The molecule has 0 saturated carbocycles. The third-order valence-electron chi connectivity index (χ3n) is 3.02. The number of aryl methyl sites for hydroxylation is 1. The molecule has 2 rings (SSSR count). The van der Waals surface area contributed by atoms with Gasteiger partial charge < -0.3 is 9.64 Å². The van der Waals surface area contributed by atoms with Gasteiger partial charge in [0.15, 0.2) is 0 Å². The van der Waals surface area contributed by atoms with Crippen molar-refractivity contribution in [3.8, 4) is 5.75 Å². The molecule has 2 aromatic rings. The lowest BCUT2D eigenvalue weighted by Crippen LogP contribution is -2.16. The average molecular weight is 269 g/mol. The number of hydrogen-bond acceptors (Lipinski definition) is 3. The predicted octanol–water partition coefficient (Wildman–Crippen LogP) is 4.08. The van der Waals surface area contributed by atoms with Crippen LogP contribution >= 0.6 is 0 Å². The summed E-state index contributed by atoms with van der Waals surface area (Å²) in [5.41, 5.74) is 3.36. The van der Waals surface area contributed by atoms with Crippen molar-refractivity contribution in [2.24, 2.45) is 0 Å². The molecule has 0 amide bonds. The number of anilines is 2. The van der Waals surface area contributed by atoms with Gasteiger partial charge in [-0.15, -0.1) is 0 Å². The van der Waals surface area contributed by atoms with Crippen LogP contribution in [-0.4, -0.2) is 12.5 Å². The molecule has 0 aliphatic rings. The first kappa shape index (κ1) is 14.1. The topological polar surface area (TPSA) is 29.5 Å². The van der Waals surface area contributed by atoms with E-state index in [4.69, 9.17) is 4.74 Å². The maximum Gasteiger partial charge on any atom is 0.308 e. The third-order valence-corrected chi connectivity index (χ3v) is 3.02. The van der Waals surface area contributed by atoms with Gasteiger partial charge in [0.2, 0.25) is 0 Å². The summed E-state index contributed by atoms with van der Waals surface area (Å²) in [6.45, 7) is 6.42. The van der Waals surface area contributed by atoms with Crippen LogP contribution in [0.5, 0.6) is 5.75 Å². The summed E-state index contributed by atoms with van der Waals surface area (Å²) in [6, 6.07) is 15.9. The van der Waals surface area contributed by atoms with E-state index in [1.807, 2.05) is 24.3 Å². The minimum Gasteiger partial charge on any atom is -0.427 e. The molecule has 3 heteroatoms. The summed E-state index contributed by atoms with van der Waals surface area (Å²) in [5.74, 6) is 0.266. The zero-order valence-corrected chi connectivity index (χ0v) is 12.1. The van der Waals surface area contributed by atoms with Crippen LogP contribution in [0.3, 0.4) is 0 Å². The van der Waals surface area contributed by atoms with Gasteiger partial charge in [-0.2, -0.15) is 0 Å². The molecular weight excluding hydrogens is 250 g/mol. The van der Waals surface area contributed by atoms with E-state index in [0.717, 1.165) is 17.9 Å². The Morgan fingerprint density at radius 3 is 2.35 bits per heavy atom. The molecule has 0 bridgehead atoms. The van der Waals surface area contributed by atoms with Crippen LogP contribution in [0.25, 0.3) is 0 Å². The molecule has 0 heterocycles. The Morgan fingerprint density at radius 2 is 1.75 bits per heavy atom. The zero-order valence-electron chi connectivity index (χ0n) is 12.1. The highest BCUT2D eigenvalue weighted by Gasteiger charge is 2.09. The molecule has 0 aromatic heterocycles. The highest BCUT2D eigenvalue weighted by molar-refractivity contribution is 5.71. The molecule has 2 aromatic carbocycles. The van der Waals surface area contributed by atoms with Gasteiger partial charge in [0.05, 0.1) is 0 Å². The van der Waals surface area contributed by atoms with Gasteiger partial charge in [-0.25, -0.2) is 0 Å². The Hall–Kier alpha value is -2.29. The maximum absolute atomic E-state index is 11.0. The molecule has 0 atom stereocenters. The second kappa shape index (κ2) is 6.24. The maximum atomic E-state index is 11.0. The molecule has 0 N–H and O–H groups in total. The lowest BCUT2D eigenvalue weighted by Gasteiger charge is -2.24. The van der Waals surface area contributed by atoms with Gasteiger partial charge in [0, 0.05) is 30.9 Å². The van der Waals surface area contributed by atoms with Crippen molar-refractivity contribution in [1.82, 2.24) is 0 Å². The van der Waals surface area contributed by atoms with Crippen LogP contribution < -0.4 is 9.64 Å². The summed E-state index contributed by atoms with van der Waals surface area (Å²) in [4.78, 5) is 13.2. The van der Waals surface area contributed by atoms with Crippen molar-refractivity contribution in [3.63, 3.8) is 0 Å². The standard InChI is InChI=1S/C17H19NO2/c1-4-18(15-8-5-7-13(2)11-15)16-9-6-10-17(12-16)20-14(3)19/h5-12H,4H2,1-3H3. The zero-order chi connectivity index (χ0) is 14.5. The first-order valence-corrected chi connectivity index (χ1v) is 6.73. The van der Waals surface area contributed by atoms with E-state index in [9.17, 15) is 4.79 Å². The van der Waals surface area contributed by atoms with E-state index in [2.05, 4.69) is 36.9 Å². The predicted molar refractivity (Wildman–Crippen MR) is 81.6 cm³/mol. The lowest BCUT2D eigenvalue weighted by molar-refractivity contribution is -0.131. The summed E-state index contributed by atoms with van der Waals surface area (Å²) in [7, 11) is 0. The van der Waals surface area contributed by atoms with Gasteiger partial charge in [-0.1, -0.05) is 18.2 Å². The van der Waals surface area contributed by atoms with E-state index in [-0.39, 0.29) is 5.97 Å². The molecule has 104 valence electrons. The summed E-state index contributed by atoms with van der Waals surface area (Å²) in [6.07, 6.45) is 0. The van der Waals surface area contributed by atoms with Crippen LogP contribution in [0.15, 0.2) is 48.5 Å². The Bertz CT molecular complexity index is 607. The fourth-order valence-corrected chi connectivity index (χ4v) is 2.19. The van der Waals surface area contributed by atoms with Crippen molar-refractivity contribution in [2.75, 3.05) is 11.4 Å². The van der Waals surface area contributed by atoms with Crippen LogP contribution in [0.1, 0.15) is 19.4 Å². The van der Waals surface area contributed by atoms with E-state index >= 15 is 0 Å². The molecule has 0 fully saturated rings. The number of rotatable bonds is 4. The highest BCUT2D eigenvalue weighted by atomic mass is 16.5. The van der Waals surface area contributed by atoms with Crippen molar-refractivity contribution in [1.29, 1.82) is 0 Å². The van der Waals surface area contributed by atoms with E-state index in [1.54, 1.807) is 6.07 Å². The van der Waals surface area contributed by atoms with Gasteiger partial charge in [-0.3, -0.25) is 4.79 Å². The fourth-order valence-electron chi connectivity index (χ4n) is 2.19. The minimum absolute atomic E-state index is 0.305. The summed E-state index contributed by atoms with van der Waals surface area (Å²) < 4.78 is 5.14. The molecule has 0 unspecified atom stereocenters. The molecule has 20 heavy (non-hydrogen) atoms. The normalized spacial score (nSPS) is 10.2. The van der Waals surface area contributed by atoms with Crippen LogP contribution in [0, 0.1) is 6.92 Å². The van der Waals surface area contributed by atoms with Gasteiger partial charge in [0.25, 0.3) is 0 Å². The smallest absolute Gasteiger partial charge is 0.308 e. The highest BCUT2D eigenvalue weighted by Crippen LogP contribution is 2.28. The number of esters is 1. The second-order valence-electron chi connectivity index (χ2n) is 4.67. The van der Waals surface area contributed by atoms with E-state index in [0.29, 0.717) is 5.75 Å².